The molecule has 1 aliphatic heterocycles. The molecule has 226 valence electrons. The van der Waals surface area contributed by atoms with Crippen molar-refractivity contribution < 1.29 is 9.47 Å². The molecule has 0 N–H and O–H groups in total. The van der Waals surface area contributed by atoms with Crippen LogP contribution < -0.4 is 9.47 Å². The van der Waals surface area contributed by atoms with Crippen LogP contribution >= 0.6 is 0 Å². The molecule has 0 unspecified atom stereocenters. The van der Waals surface area contributed by atoms with Gasteiger partial charge in [0.05, 0.1) is 53.4 Å². The average Bonchev–Trinajstić information content (AvgIpc) is 3.58. The molecule has 2 aromatic heterocycles. The van der Waals surface area contributed by atoms with Crippen molar-refractivity contribution in [2.45, 2.75) is 0 Å². The Morgan fingerprint density at radius 2 is 0.918 bits per heavy atom. The number of nitriles is 1. The summed E-state index contributed by atoms with van der Waals surface area (Å²) in [6, 6.07) is 36.9. The van der Waals surface area contributed by atoms with Gasteiger partial charge in [0.25, 0.3) is 0 Å². The number of ether oxygens (including phenoxy) is 2. The van der Waals surface area contributed by atoms with E-state index in [0.717, 1.165) is 66.1 Å². The molecule has 9 rings (SSSR count). The lowest BCUT2D eigenvalue weighted by Gasteiger charge is -2.15. The maximum absolute atomic E-state index is 9.64. The van der Waals surface area contributed by atoms with Gasteiger partial charge in [-0.25, -0.2) is 14.5 Å². The van der Waals surface area contributed by atoms with Gasteiger partial charge in [0.15, 0.2) is 17.1 Å². The molecule has 49 heavy (non-hydrogen) atoms. The number of aromatic nitrogens is 2. The fourth-order valence-corrected chi connectivity index (χ4v) is 6.99. The minimum Gasteiger partial charge on any atom is -0.457 e. The highest BCUT2D eigenvalue weighted by atomic mass is 16.7. The Kier molecular flexibility index (Phi) is 5.95. The first-order valence-corrected chi connectivity index (χ1v) is 15.3. The largest absolute Gasteiger partial charge is 0.457 e. The number of hydrogen-bond acceptors (Lipinski definition) is 3. The minimum absolute atomic E-state index is 0.0542. The van der Waals surface area contributed by atoms with E-state index in [0.29, 0.717) is 34.1 Å². The van der Waals surface area contributed by atoms with Crippen LogP contribution in [-0.4, -0.2) is 15.9 Å². The van der Waals surface area contributed by atoms with Gasteiger partial charge in [-0.1, -0.05) is 18.2 Å². The lowest BCUT2D eigenvalue weighted by molar-refractivity contribution is 0.125. The van der Waals surface area contributed by atoms with Gasteiger partial charge in [0, 0.05) is 27.9 Å². The summed E-state index contributed by atoms with van der Waals surface area (Å²) in [5.74, 6) is 1.35. The van der Waals surface area contributed by atoms with Crippen LogP contribution in [0.5, 0.6) is 11.5 Å². The zero-order valence-electron chi connectivity index (χ0n) is 25.6. The van der Waals surface area contributed by atoms with Crippen molar-refractivity contribution in [2.75, 3.05) is 6.79 Å². The van der Waals surface area contributed by atoms with Crippen molar-refractivity contribution in [1.29, 1.82) is 5.26 Å². The second kappa shape index (κ2) is 10.5. The van der Waals surface area contributed by atoms with E-state index in [1.807, 2.05) is 97.1 Å². The first kappa shape index (κ1) is 27.8. The molecule has 1 aliphatic rings. The van der Waals surface area contributed by atoms with Gasteiger partial charge in [0.1, 0.15) is 11.5 Å². The summed E-state index contributed by atoms with van der Waals surface area (Å²) in [5.41, 5.74) is 9.29. The molecule has 8 aromatic rings. The summed E-state index contributed by atoms with van der Waals surface area (Å²) in [6.45, 7) is 22.8. The van der Waals surface area contributed by atoms with Crippen molar-refractivity contribution >= 4 is 60.7 Å². The van der Waals surface area contributed by atoms with E-state index in [2.05, 4.69) is 41.9 Å². The van der Waals surface area contributed by atoms with E-state index < -0.39 is 0 Å². The SMILES string of the molecule is [C-]#[N+]c1ccc2c(c1)c1cc(C#N)ccc1n2-c1ccc2c(c1)-c1cc(-n3c4ccc([N+]#[C-])cc4c4cc([N+]#[C-])ccc43)ccc1OCO2. The van der Waals surface area contributed by atoms with Crippen molar-refractivity contribution in [3.05, 3.63) is 149 Å². The number of hydrogen-bond donors (Lipinski definition) is 0. The van der Waals surface area contributed by atoms with Crippen LogP contribution in [0, 0.1) is 31.0 Å². The summed E-state index contributed by atoms with van der Waals surface area (Å²) < 4.78 is 16.5. The fourth-order valence-electron chi connectivity index (χ4n) is 6.99. The molecule has 8 heteroatoms. The van der Waals surface area contributed by atoms with Crippen molar-refractivity contribution in [1.82, 2.24) is 9.13 Å². The highest BCUT2D eigenvalue weighted by Crippen LogP contribution is 2.44. The van der Waals surface area contributed by atoms with E-state index in [4.69, 9.17) is 29.2 Å². The summed E-state index contributed by atoms with van der Waals surface area (Å²) in [4.78, 5) is 10.9. The number of rotatable bonds is 2. The zero-order chi connectivity index (χ0) is 33.2. The molecule has 3 heterocycles. The first-order valence-electron chi connectivity index (χ1n) is 15.3. The third kappa shape index (κ3) is 4.13. The van der Waals surface area contributed by atoms with E-state index >= 15 is 0 Å². The lowest BCUT2D eigenvalue weighted by Crippen LogP contribution is -2.03. The predicted octanol–water partition coefficient (Wildman–Crippen LogP) is 10.8. The summed E-state index contributed by atoms with van der Waals surface area (Å²) in [7, 11) is 0. The van der Waals surface area contributed by atoms with E-state index in [-0.39, 0.29) is 6.79 Å². The molecule has 0 radical (unpaired) electrons. The van der Waals surface area contributed by atoms with Crippen LogP contribution in [0.4, 0.5) is 17.1 Å². The van der Waals surface area contributed by atoms with Crippen molar-refractivity contribution in [2.24, 2.45) is 0 Å². The van der Waals surface area contributed by atoms with E-state index in [9.17, 15) is 5.26 Å². The Morgan fingerprint density at radius 1 is 0.510 bits per heavy atom. The van der Waals surface area contributed by atoms with Gasteiger partial charge < -0.3 is 18.6 Å². The van der Waals surface area contributed by atoms with Crippen molar-refractivity contribution in [3.63, 3.8) is 0 Å². The quantitative estimate of drug-likeness (QED) is 0.179. The van der Waals surface area contributed by atoms with Gasteiger partial charge in [-0.3, -0.25) is 0 Å². The second-order valence-corrected chi connectivity index (χ2v) is 11.7. The van der Waals surface area contributed by atoms with E-state index in [1.54, 1.807) is 0 Å². The van der Waals surface area contributed by atoms with Crippen LogP contribution in [0.3, 0.4) is 0 Å². The normalized spacial score (nSPS) is 11.8. The minimum atomic E-state index is 0.0542. The molecule has 0 amide bonds. The van der Waals surface area contributed by atoms with Gasteiger partial charge in [0.2, 0.25) is 6.79 Å². The Hall–Kier alpha value is -7.52. The summed E-state index contributed by atoms with van der Waals surface area (Å²) in [6.07, 6.45) is 0. The van der Waals surface area contributed by atoms with Gasteiger partial charge in [-0.05, 0) is 107 Å². The molecule has 0 fully saturated rings. The predicted molar refractivity (Wildman–Crippen MR) is 190 cm³/mol. The summed E-state index contributed by atoms with van der Waals surface area (Å²) in [5, 5.41) is 13.2. The third-order valence-corrected chi connectivity index (χ3v) is 9.16. The molecule has 6 aromatic carbocycles. The van der Waals surface area contributed by atoms with Crippen LogP contribution in [0.2, 0.25) is 0 Å². The molecule has 0 atom stereocenters. The average molecular weight is 629 g/mol. The third-order valence-electron chi connectivity index (χ3n) is 9.16. The lowest BCUT2D eigenvalue weighted by atomic mass is 10.0. The van der Waals surface area contributed by atoms with E-state index in [1.165, 1.54) is 0 Å². The van der Waals surface area contributed by atoms with Gasteiger partial charge in [-0.2, -0.15) is 5.26 Å². The highest BCUT2D eigenvalue weighted by molar-refractivity contribution is 6.12. The molecular weight excluding hydrogens is 608 g/mol. The van der Waals surface area contributed by atoms with Crippen LogP contribution in [0.25, 0.3) is 80.6 Å². The van der Waals surface area contributed by atoms with Gasteiger partial charge in [-0.15, -0.1) is 0 Å². The first-order chi connectivity index (χ1) is 24.1. The molecule has 0 saturated carbocycles. The van der Waals surface area contributed by atoms with Crippen LogP contribution in [0.15, 0.2) is 109 Å². The highest BCUT2D eigenvalue weighted by Gasteiger charge is 2.22. The maximum atomic E-state index is 9.64. The topological polar surface area (TPSA) is 65.2 Å². The molecule has 0 bridgehead atoms. The number of nitrogens with zero attached hydrogens (tertiary/aromatic N) is 6. The molecular formula is C41H20N6O2. The van der Waals surface area contributed by atoms with Gasteiger partial charge >= 0.3 is 0 Å². The Labute approximate surface area is 279 Å². The number of benzene rings is 6. The smallest absolute Gasteiger partial charge is 0.230 e. The zero-order valence-corrected chi connectivity index (χ0v) is 25.6. The Morgan fingerprint density at radius 3 is 1.33 bits per heavy atom. The van der Waals surface area contributed by atoms with Crippen LogP contribution in [-0.2, 0) is 0 Å². The fraction of sp³-hybridized carbons (Fsp3) is 0.0244. The second-order valence-electron chi connectivity index (χ2n) is 11.7. The Bertz CT molecular complexity index is 2580. The molecule has 0 saturated heterocycles. The molecule has 0 aliphatic carbocycles. The van der Waals surface area contributed by atoms with Crippen LogP contribution in [0.1, 0.15) is 5.56 Å². The summed E-state index contributed by atoms with van der Waals surface area (Å²) >= 11 is 0. The molecule has 8 nitrogen and oxygen atoms in total. The van der Waals surface area contributed by atoms with Crippen molar-refractivity contribution in [3.8, 4) is 40.1 Å². The standard InChI is InChI=1S/C41H20N6O2/c1-43-25-5-11-37-31(17-25)30-16-24(22-42)4-10-36(30)46(37)28-8-14-40-34(20-28)35-21-29(9-15-41(35)49-23-48-40)47-38-12-6-26(44-2)18-32(38)33-19-27(45-3)7-13-39(33)47/h4-21H,23H2. The molecule has 0 spiro atoms. The maximum Gasteiger partial charge on any atom is 0.230 e. The Balaban J connectivity index is 1.28. The number of fused-ring (bicyclic) bond motifs is 9. The monoisotopic (exact) mass is 628 g/mol.